The minimum atomic E-state index is -0.420. The third kappa shape index (κ3) is 4.13. The van der Waals surface area contributed by atoms with E-state index < -0.39 is 5.91 Å². The molecule has 25 heavy (non-hydrogen) atoms. The fourth-order valence-electron chi connectivity index (χ4n) is 2.16. The van der Waals surface area contributed by atoms with E-state index in [1.807, 2.05) is 31.2 Å². The number of aromatic nitrogens is 2. The number of benzene rings is 2. The number of nitrogens with zero attached hydrogens (tertiary/aromatic N) is 2. The predicted molar refractivity (Wildman–Crippen MR) is 99.6 cm³/mol. The van der Waals surface area contributed by atoms with E-state index in [1.165, 1.54) is 12.3 Å². The van der Waals surface area contributed by atoms with Crippen LogP contribution in [-0.2, 0) is 0 Å². The lowest BCUT2D eigenvalue weighted by Crippen LogP contribution is -2.18. The van der Waals surface area contributed by atoms with Crippen molar-refractivity contribution in [2.75, 3.05) is 0 Å². The van der Waals surface area contributed by atoms with Gasteiger partial charge in [0.05, 0.1) is 11.9 Å². The van der Waals surface area contributed by atoms with Crippen molar-refractivity contribution in [2.45, 2.75) is 6.92 Å². The number of amides is 1. The Hall–Kier alpha value is -2.93. The van der Waals surface area contributed by atoms with Gasteiger partial charge < -0.3 is 5.11 Å². The van der Waals surface area contributed by atoms with E-state index in [1.54, 1.807) is 18.2 Å². The van der Waals surface area contributed by atoms with Crippen LogP contribution in [0.25, 0.3) is 11.3 Å². The van der Waals surface area contributed by atoms with Crippen molar-refractivity contribution in [1.29, 1.82) is 0 Å². The number of rotatable bonds is 4. The summed E-state index contributed by atoms with van der Waals surface area (Å²) >= 11 is 3.31. The van der Waals surface area contributed by atoms with E-state index >= 15 is 0 Å². The zero-order valence-corrected chi connectivity index (χ0v) is 14.9. The Morgan fingerprint density at radius 3 is 2.76 bits per heavy atom. The van der Waals surface area contributed by atoms with Crippen LogP contribution in [-0.4, -0.2) is 27.4 Å². The first-order valence-corrected chi connectivity index (χ1v) is 8.26. The van der Waals surface area contributed by atoms with E-state index in [-0.39, 0.29) is 5.75 Å². The van der Waals surface area contributed by atoms with Crippen molar-refractivity contribution >= 4 is 28.1 Å². The number of nitrogens with one attached hydrogen (secondary N) is 2. The molecule has 7 heteroatoms. The fraction of sp³-hybridized carbons (Fsp3) is 0.0556. The number of phenols is 1. The van der Waals surface area contributed by atoms with Gasteiger partial charge in [-0.05, 0) is 31.2 Å². The summed E-state index contributed by atoms with van der Waals surface area (Å²) in [6.45, 7) is 2.01. The van der Waals surface area contributed by atoms with Crippen LogP contribution in [0, 0.1) is 6.92 Å². The average Bonchev–Trinajstić information content (AvgIpc) is 3.08. The Labute approximate surface area is 152 Å². The van der Waals surface area contributed by atoms with E-state index in [4.69, 9.17) is 0 Å². The van der Waals surface area contributed by atoms with Crippen LogP contribution in [0.4, 0.5) is 0 Å². The smallest absolute Gasteiger partial charge is 0.289 e. The molecule has 3 rings (SSSR count). The SMILES string of the molecule is Cc1ccc(-c2cc(C(=O)NN=Cc3cc(Br)ccc3O)[nH]n2)cc1. The molecule has 0 fully saturated rings. The second-order valence-corrected chi connectivity index (χ2v) is 6.35. The molecule has 0 aliphatic heterocycles. The topological polar surface area (TPSA) is 90.4 Å². The number of halogens is 1. The lowest BCUT2D eigenvalue weighted by atomic mass is 10.1. The molecule has 3 aromatic rings. The van der Waals surface area contributed by atoms with Crippen LogP contribution < -0.4 is 5.43 Å². The molecule has 0 bridgehead atoms. The molecule has 3 N–H and O–H groups in total. The van der Waals surface area contributed by atoms with Gasteiger partial charge >= 0.3 is 0 Å². The molecule has 0 aliphatic rings. The Bertz CT molecular complexity index is 933. The number of carbonyl (C=O) groups excluding carboxylic acids is 1. The quantitative estimate of drug-likeness (QED) is 0.462. The van der Waals surface area contributed by atoms with Crippen molar-refractivity contribution < 1.29 is 9.90 Å². The first-order chi connectivity index (χ1) is 12.0. The molecule has 0 radical (unpaired) electrons. The Kier molecular flexibility index (Phi) is 4.95. The second kappa shape index (κ2) is 7.31. The van der Waals surface area contributed by atoms with E-state index in [9.17, 15) is 9.90 Å². The van der Waals surface area contributed by atoms with Gasteiger partial charge in [-0.15, -0.1) is 0 Å². The Balaban J connectivity index is 1.69. The third-order valence-electron chi connectivity index (χ3n) is 3.53. The Morgan fingerprint density at radius 2 is 2.00 bits per heavy atom. The molecular formula is C18H15BrN4O2. The minimum Gasteiger partial charge on any atom is -0.507 e. The van der Waals surface area contributed by atoms with Crippen molar-refractivity contribution in [3.8, 4) is 17.0 Å². The van der Waals surface area contributed by atoms with E-state index in [0.717, 1.165) is 15.6 Å². The molecule has 0 spiro atoms. The molecule has 0 saturated heterocycles. The molecule has 1 heterocycles. The van der Waals surface area contributed by atoms with Crippen LogP contribution in [0.1, 0.15) is 21.6 Å². The largest absolute Gasteiger partial charge is 0.507 e. The van der Waals surface area contributed by atoms with Gasteiger partial charge in [0.15, 0.2) is 0 Å². The van der Waals surface area contributed by atoms with Crippen LogP contribution in [0.2, 0.25) is 0 Å². The summed E-state index contributed by atoms with van der Waals surface area (Å²) in [5, 5.41) is 20.4. The summed E-state index contributed by atoms with van der Waals surface area (Å²) < 4.78 is 0.800. The molecule has 0 atom stereocenters. The third-order valence-corrected chi connectivity index (χ3v) is 4.02. The molecule has 0 unspecified atom stereocenters. The second-order valence-electron chi connectivity index (χ2n) is 5.44. The van der Waals surface area contributed by atoms with Gasteiger partial charge in [-0.25, -0.2) is 5.43 Å². The van der Waals surface area contributed by atoms with E-state index in [0.29, 0.717) is 17.0 Å². The molecule has 0 saturated carbocycles. The maximum absolute atomic E-state index is 12.1. The highest BCUT2D eigenvalue weighted by atomic mass is 79.9. The highest BCUT2D eigenvalue weighted by molar-refractivity contribution is 9.10. The number of aryl methyl sites for hydroxylation is 1. The highest BCUT2D eigenvalue weighted by Crippen LogP contribution is 2.20. The van der Waals surface area contributed by atoms with Crippen LogP contribution >= 0.6 is 15.9 Å². The average molecular weight is 399 g/mol. The molecule has 1 aromatic heterocycles. The first-order valence-electron chi connectivity index (χ1n) is 7.47. The number of hydrogen-bond donors (Lipinski definition) is 3. The van der Waals surface area contributed by atoms with Gasteiger partial charge in [-0.1, -0.05) is 45.8 Å². The summed E-state index contributed by atoms with van der Waals surface area (Å²) in [6.07, 6.45) is 1.37. The van der Waals surface area contributed by atoms with Gasteiger partial charge in [0.1, 0.15) is 11.4 Å². The highest BCUT2D eigenvalue weighted by Gasteiger charge is 2.10. The normalized spacial score (nSPS) is 11.0. The number of H-pyrrole nitrogens is 1. The standard InChI is InChI=1S/C18H15BrN4O2/c1-11-2-4-12(5-3-11)15-9-16(22-21-15)18(25)23-20-10-13-8-14(19)6-7-17(13)24/h2-10,24H,1H3,(H,21,22)(H,23,25). The van der Waals surface area contributed by atoms with Crippen molar-refractivity contribution in [3.63, 3.8) is 0 Å². The predicted octanol–water partition coefficient (Wildman–Crippen LogP) is 3.62. The summed E-state index contributed by atoms with van der Waals surface area (Å²) in [7, 11) is 0. The summed E-state index contributed by atoms with van der Waals surface area (Å²) in [4.78, 5) is 12.1. The van der Waals surface area contributed by atoms with Gasteiger partial charge in [0, 0.05) is 15.6 Å². The summed E-state index contributed by atoms with van der Waals surface area (Å²) in [6, 6.07) is 14.5. The maximum atomic E-state index is 12.1. The number of aromatic amines is 1. The lowest BCUT2D eigenvalue weighted by Gasteiger charge is -1.99. The van der Waals surface area contributed by atoms with Gasteiger partial charge in [-0.2, -0.15) is 10.2 Å². The molecular weight excluding hydrogens is 384 g/mol. The molecule has 1 amide bonds. The van der Waals surface area contributed by atoms with Crippen LogP contribution in [0.3, 0.4) is 0 Å². The zero-order chi connectivity index (χ0) is 17.8. The zero-order valence-electron chi connectivity index (χ0n) is 13.3. The maximum Gasteiger partial charge on any atom is 0.289 e. The van der Waals surface area contributed by atoms with Gasteiger partial charge in [0.2, 0.25) is 0 Å². The fourth-order valence-corrected chi connectivity index (χ4v) is 2.54. The minimum absolute atomic E-state index is 0.0735. The van der Waals surface area contributed by atoms with Crippen LogP contribution in [0.5, 0.6) is 5.75 Å². The number of carbonyl (C=O) groups is 1. The lowest BCUT2D eigenvalue weighted by molar-refractivity contribution is 0.0950. The number of hydrazone groups is 1. The summed E-state index contributed by atoms with van der Waals surface area (Å²) in [5.74, 6) is -0.346. The van der Waals surface area contributed by atoms with Gasteiger partial charge in [-0.3, -0.25) is 9.89 Å². The number of hydrogen-bond acceptors (Lipinski definition) is 4. The molecule has 126 valence electrons. The number of aromatic hydroxyl groups is 1. The molecule has 2 aromatic carbocycles. The molecule has 0 aliphatic carbocycles. The van der Waals surface area contributed by atoms with Crippen molar-refractivity contribution in [3.05, 3.63) is 69.8 Å². The van der Waals surface area contributed by atoms with Crippen molar-refractivity contribution in [2.24, 2.45) is 5.10 Å². The van der Waals surface area contributed by atoms with Crippen LogP contribution in [0.15, 0.2) is 58.1 Å². The Morgan fingerprint density at radius 1 is 1.24 bits per heavy atom. The monoisotopic (exact) mass is 398 g/mol. The van der Waals surface area contributed by atoms with Gasteiger partial charge in [0.25, 0.3) is 5.91 Å². The van der Waals surface area contributed by atoms with Crippen molar-refractivity contribution in [1.82, 2.24) is 15.6 Å². The number of phenolic OH excluding ortho intramolecular Hbond substituents is 1. The first kappa shape index (κ1) is 16.9. The van der Waals surface area contributed by atoms with E-state index in [2.05, 4.69) is 36.7 Å². The molecule has 6 nitrogen and oxygen atoms in total. The summed E-state index contributed by atoms with van der Waals surface area (Å²) in [5.41, 5.74) is 5.94.